The molecule has 0 radical (unpaired) electrons. The lowest BCUT2D eigenvalue weighted by molar-refractivity contribution is 0.0590. The molecule has 0 aromatic heterocycles. The Balaban J connectivity index is 2.77. The van der Waals surface area contributed by atoms with Gasteiger partial charge in [-0.05, 0) is 17.7 Å². The summed E-state index contributed by atoms with van der Waals surface area (Å²) in [5.74, 6) is -16.0. The van der Waals surface area contributed by atoms with Crippen molar-refractivity contribution in [3.63, 3.8) is 0 Å². The molecule has 23 heavy (non-hydrogen) atoms. The van der Waals surface area contributed by atoms with E-state index in [1.54, 1.807) is 0 Å². The number of methoxy groups -OCH3 is 1. The Hall–Kier alpha value is -2.58. The first kappa shape index (κ1) is 16.8. The van der Waals surface area contributed by atoms with Gasteiger partial charge in [0.15, 0.2) is 23.3 Å². The lowest BCUT2D eigenvalue weighted by atomic mass is 10.0. The lowest BCUT2D eigenvalue weighted by Crippen LogP contribution is -2.09. The van der Waals surface area contributed by atoms with Crippen molar-refractivity contribution in [1.29, 1.82) is 0 Å². The van der Waals surface area contributed by atoms with Gasteiger partial charge in [0, 0.05) is 0 Å². The molecule has 0 amide bonds. The molecule has 9 heteroatoms. The van der Waals surface area contributed by atoms with Crippen LogP contribution in [0.1, 0.15) is 10.4 Å². The second-order valence-corrected chi connectivity index (χ2v) is 4.25. The quantitative estimate of drug-likeness (QED) is 0.356. The van der Waals surface area contributed by atoms with Crippen molar-refractivity contribution < 1.29 is 40.3 Å². The monoisotopic (exact) mass is 338 g/mol. The van der Waals surface area contributed by atoms with E-state index < -0.39 is 63.4 Å². The topological polar surface area (TPSA) is 26.3 Å². The number of ether oxygens (including phenoxy) is 1. The number of benzene rings is 2. The Labute approximate surface area is 124 Å². The van der Waals surface area contributed by atoms with E-state index in [4.69, 9.17) is 0 Å². The summed E-state index contributed by atoms with van der Waals surface area (Å²) in [4.78, 5) is 11.2. The highest BCUT2D eigenvalue weighted by Gasteiger charge is 2.28. The zero-order valence-electron chi connectivity index (χ0n) is 11.1. The van der Waals surface area contributed by atoms with Gasteiger partial charge < -0.3 is 4.74 Å². The predicted octanol–water partition coefficient (Wildman–Crippen LogP) is 4.11. The summed E-state index contributed by atoms with van der Waals surface area (Å²) < 4.78 is 98.0. The molecule has 2 aromatic rings. The minimum atomic E-state index is -2.41. The van der Waals surface area contributed by atoms with Crippen molar-refractivity contribution in [1.82, 2.24) is 0 Å². The summed E-state index contributed by atoms with van der Waals surface area (Å²) >= 11 is 0. The molecule has 122 valence electrons. The number of halogens is 7. The molecule has 0 saturated heterocycles. The molecular formula is C14H5F7O2. The van der Waals surface area contributed by atoms with E-state index in [-0.39, 0.29) is 12.1 Å². The first-order chi connectivity index (χ1) is 10.7. The number of rotatable bonds is 2. The van der Waals surface area contributed by atoms with E-state index in [1.807, 2.05) is 0 Å². The molecule has 0 aliphatic carbocycles. The van der Waals surface area contributed by atoms with Crippen LogP contribution >= 0.6 is 0 Å². The van der Waals surface area contributed by atoms with Gasteiger partial charge in [-0.25, -0.2) is 35.5 Å². The largest absolute Gasteiger partial charge is 0.465 e. The summed E-state index contributed by atoms with van der Waals surface area (Å²) in [6, 6.07) is 0.515. The standard InChI is InChI=1S/C14H5F7O2/c1-23-14(22)8-5(15)2-4(3-6(8)16)7-9(17)11(19)13(21)12(20)10(7)18/h2-3H,1H3. The summed E-state index contributed by atoms with van der Waals surface area (Å²) in [6.07, 6.45) is 0. The van der Waals surface area contributed by atoms with Crippen LogP contribution in [0.4, 0.5) is 30.7 Å². The maximum Gasteiger partial charge on any atom is 0.343 e. The number of esters is 1. The molecule has 0 aliphatic rings. The van der Waals surface area contributed by atoms with Crippen LogP contribution in [0.2, 0.25) is 0 Å². The van der Waals surface area contributed by atoms with Crippen LogP contribution in [0.15, 0.2) is 12.1 Å². The van der Waals surface area contributed by atoms with E-state index in [2.05, 4.69) is 4.74 Å². The first-order valence-corrected chi connectivity index (χ1v) is 5.79. The predicted molar refractivity (Wildman–Crippen MR) is 62.9 cm³/mol. The molecule has 0 bridgehead atoms. The number of carbonyl (C=O) groups excluding carboxylic acids is 1. The SMILES string of the molecule is COC(=O)c1c(F)cc(-c2c(F)c(F)c(F)c(F)c2F)cc1F. The normalized spacial score (nSPS) is 10.8. The Morgan fingerprint density at radius 2 is 1.17 bits per heavy atom. The van der Waals surface area contributed by atoms with Gasteiger partial charge in [-0.3, -0.25) is 0 Å². The molecule has 0 saturated carbocycles. The van der Waals surface area contributed by atoms with Gasteiger partial charge in [0.05, 0.1) is 12.7 Å². The van der Waals surface area contributed by atoms with Crippen molar-refractivity contribution >= 4 is 5.97 Å². The van der Waals surface area contributed by atoms with Crippen molar-refractivity contribution in [3.05, 3.63) is 58.4 Å². The summed E-state index contributed by atoms with van der Waals surface area (Å²) in [5.41, 5.74) is -3.66. The fraction of sp³-hybridized carbons (Fsp3) is 0.0714. The van der Waals surface area contributed by atoms with Gasteiger partial charge in [-0.15, -0.1) is 0 Å². The second-order valence-electron chi connectivity index (χ2n) is 4.25. The third-order valence-electron chi connectivity index (χ3n) is 2.93. The third-order valence-corrected chi connectivity index (χ3v) is 2.93. The van der Waals surface area contributed by atoms with E-state index in [0.29, 0.717) is 0 Å². The zero-order chi connectivity index (χ0) is 17.5. The molecule has 2 rings (SSSR count). The maximum absolute atomic E-state index is 13.7. The van der Waals surface area contributed by atoms with Crippen LogP contribution in [0.3, 0.4) is 0 Å². The fourth-order valence-electron chi connectivity index (χ4n) is 1.87. The highest BCUT2D eigenvalue weighted by atomic mass is 19.2. The van der Waals surface area contributed by atoms with Crippen LogP contribution in [-0.4, -0.2) is 13.1 Å². The van der Waals surface area contributed by atoms with Crippen molar-refractivity contribution in [2.75, 3.05) is 7.11 Å². The maximum atomic E-state index is 13.7. The summed E-state index contributed by atoms with van der Waals surface area (Å²) in [7, 11) is 0.833. The van der Waals surface area contributed by atoms with Gasteiger partial charge in [-0.2, -0.15) is 0 Å². The summed E-state index contributed by atoms with van der Waals surface area (Å²) in [6.45, 7) is 0. The highest BCUT2D eigenvalue weighted by Crippen LogP contribution is 2.33. The van der Waals surface area contributed by atoms with Crippen molar-refractivity contribution in [2.24, 2.45) is 0 Å². The zero-order valence-corrected chi connectivity index (χ0v) is 11.1. The van der Waals surface area contributed by atoms with Crippen LogP contribution in [0, 0.1) is 40.7 Å². The minimum absolute atomic E-state index is 0.258. The summed E-state index contributed by atoms with van der Waals surface area (Å²) in [5, 5.41) is 0. The molecule has 0 spiro atoms. The highest BCUT2D eigenvalue weighted by molar-refractivity contribution is 5.90. The average Bonchev–Trinajstić information content (AvgIpc) is 2.50. The molecule has 0 aliphatic heterocycles. The van der Waals surface area contributed by atoms with Gasteiger partial charge in [0.25, 0.3) is 0 Å². The smallest absolute Gasteiger partial charge is 0.343 e. The Kier molecular flexibility index (Phi) is 4.31. The second kappa shape index (κ2) is 5.90. The van der Waals surface area contributed by atoms with E-state index >= 15 is 0 Å². The number of hydrogen-bond acceptors (Lipinski definition) is 2. The number of hydrogen-bond donors (Lipinski definition) is 0. The Bertz CT molecular complexity index is 765. The van der Waals surface area contributed by atoms with Gasteiger partial charge in [-0.1, -0.05) is 0 Å². The molecule has 0 unspecified atom stereocenters. The van der Waals surface area contributed by atoms with E-state index in [9.17, 15) is 35.5 Å². The van der Waals surface area contributed by atoms with Crippen molar-refractivity contribution in [2.45, 2.75) is 0 Å². The molecule has 0 N–H and O–H groups in total. The number of carbonyl (C=O) groups is 1. The van der Waals surface area contributed by atoms with Gasteiger partial charge in [0.1, 0.15) is 17.2 Å². The van der Waals surface area contributed by atoms with Crippen LogP contribution in [0.25, 0.3) is 11.1 Å². The average molecular weight is 338 g/mol. The molecule has 2 aromatic carbocycles. The van der Waals surface area contributed by atoms with E-state index in [1.165, 1.54) is 0 Å². The fourth-order valence-corrected chi connectivity index (χ4v) is 1.87. The molecule has 0 atom stereocenters. The molecular weight excluding hydrogens is 333 g/mol. The van der Waals surface area contributed by atoms with Crippen LogP contribution in [0.5, 0.6) is 0 Å². The molecule has 2 nitrogen and oxygen atoms in total. The molecule has 0 fully saturated rings. The van der Waals surface area contributed by atoms with Gasteiger partial charge in [0.2, 0.25) is 5.82 Å². The van der Waals surface area contributed by atoms with Crippen LogP contribution < -0.4 is 0 Å². The van der Waals surface area contributed by atoms with Crippen LogP contribution in [-0.2, 0) is 4.74 Å². The lowest BCUT2D eigenvalue weighted by Gasteiger charge is -2.10. The molecule has 0 heterocycles. The van der Waals surface area contributed by atoms with Gasteiger partial charge >= 0.3 is 5.97 Å². The Morgan fingerprint density at radius 1 is 0.783 bits per heavy atom. The van der Waals surface area contributed by atoms with Crippen molar-refractivity contribution in [3.8, 4) is 11.1 Å². The minimum Gasteiger partial charge on any atom is -0.465 e. The van der Waals surface area contributed by atoms with E-state index in [0.717, 1.165) is 7.11 Å². The first-order valence-electron chi connectivity index (χ1n) is 5.79. The Morgan fingerprint density at radius 3 is 1.57 bits per heavy atom. The third kappa shape index (κ3) is 2.62.